The molecule has 0 aliphatic carbocycles. The minimum absolute atomic E-state index is 0.158. The number of para-hydroxylation sites is 1. The van der Waals surface area contributed by atoms with Crippen LogP contribution < -0.4 is 5.73 Å². The van der Waals surface area contributed by atoms with E-state index in [2.05, 4.69) is 16.8 Å². The van der Waals surface area contributed by atoms with E-state index < -0.39 is 0 Å². The van der Waals surface area contributed by atoms with Crippen molar-refractivity contribution in [2.24, 2.45) is 5.73 Å². The van der Waals surface area contributed by atoms with Gasteiger partial charge in [-0.2, -0.15) is 0 Å². The minimum Gasteiger partial charge on any atom is -0.343 e. The number of benzene rings is 2. The van der Waals surface area contributed by atoms with Crippen molar-refractivity contribution in [1.82, 2.24) is 4.57 Å². The van der Waals surface area contributed by atoms with E-state index in [1.807, 2.05) is 18.2 Å². The van der Waals surface area contributed by atoms with Gasteiger partial charge in [-0.05, 0) is 30.7 Å². The second-order valence-corrected chi connectivity index (χ2v) is 5.46. The van der Waals surface area contributed by atoms with E-state index in [0.717, 1.165) is 11.9 Å². The van der Waals surface area contributed by atoms with Gasteiger partial charge in [0.1, 0.15) is 5.82 Å². The first kappa shape index (κ1) is 14.1. The summed E-state index contributed by atoms with van der Waals surface area (Å²) >= 11 is 5.85. The Bertz CT molecular complexity index is 780. The monoisotopic (exact) mass is 302 g/mol. The molecule has 3 rings (SSSR count). The standard InChI is InChI=1S/C17H16ClFN2/c18-15-6-3-4-13(17(15)19)11-21-10-12(8-9-20)14-5-1-2-7-16(14)21/h1-7,10H,8-9,11,20H2. The maximum Gasteiger partial charge on any atom is 0.146 e. The van der Waals surface area contributed by atoms with Gasteiger partial charge < -0.3 is 10.3 Å². The van der Waals surface area contributed by atoms with Crippen LogP contribution >= 0.6 is 11.6 Å². The Labute approximate surface area is 127 Å². The number of nitrogens with two attached hydrogens (primary N) is 1. The van der Waals surface area contributed by atoms with Gasteiger partial charge >= 0.3 is 0 Å². The summed E-state index contributed by atoms with van der Waals surface area (Å²) in [5.41, 5.74) is 8.53. The van der Waals surface area contributed by atoms with Gasteiger partial charge in [-0.25, -0.2) is 4.39 Å². The fourth-order valence-corrected chi connectivity index (χ4v) is 2.86. The van der Waals surface area contributed by atoms with Crippen LogP contribution in [0.4, 0.5) is 4.39 Å². The topological polar surface area (TPSA) is 30.9 Å². The molecular formula is C17H16ClFN2. The van der Waals surface area contributed by atoms with Crippen LogP contribution in [0, 0.1) is 5.82 Å². The highest BCUT2D eigenvalue weighted by Crippen LogP contribution is 2.24. The first-order chi connectivity index (χ1) is 10.2. The summed E-state index contributed by atoms with van der Waals surface area (Å²) in [6.07, 6.45) is 2.86. The molecular weight excluding hydrogens is 287 g/mol. The minimum atomic E-state index is -0.350. The van der Waals surface area contributed by atoms with Crippen LogP contribution in [-0.4, -0.2) is 11.1 Å². The molecule has 0 saturated carbocycles. The zero-order valence-corrected chi connectivity index (χ0v) is 12.3. The van der Waals surface area contributed by atoms with Crippen LogP contribution in [-0.2, 0) is 13.0 Å². The zero-order valence-electron chi connectivity index (χ0n) is 11.5. The summed E-state index contributed by atoms with van der Waals surface area (Å²) in [5.74, 6) is -0.350. The molecule has 2 N–H and O–H groups in total. The van der Waals surface area contributed by atoms with Gasteiger partial charge in [-0.1, -0.05) is 41.9 Å². The normalized spacial score (nSPS) is 11.2. The van der Waals surface area contributed by atoms with Gasteiger partial charge in [-0.3, -0.25) is 0 Å². The van der Waals surface area contributed by atoms with Crippen LogP contribution in [0.3, 0.4) is 0 Å². The number of nitrogens with zero attached hydrogens (tertiary/aromatic N) is 1. The third kappa shape index (κ3) is 2.67. The molecule has 0 unspecified atom stereocenters. The van der Waals surface area contributed by atoms with Crippen LogP contribution in [0.2, 0.25) is 5.02 Å². The highest BCUT2D eigenvalue weighted by atomic mass is 35.5. The van der Waals surface area contributed by atoms with Crippen molar-refractivity contribution in [1.29, 1.82) is 0 Å². The fourth-order valence-electron chi connectivity index (χ4n) is 2.66. The number of rotatable bonds is 4. The molecule has 0 saturated heterocycles. The number of hydrogen-bond donors (Lipinski definition) is 1. The van der Waals surface area contributed by atoms with E-state index in [4.69, 9.17) is 17.3 Å². The van der Waals surface area contributed by atoms with Crippen molar-refractivity contribution >= 4 is 22.5 Å². The van der Waals surface area contributed by atoms with Gasteiger partial charge in [0.25, 0.3) is 0 Å². The molecule has 0 aliphatic heterocycles. The van der Waals surface area contributed by atoms with E-state index in [0.29, 0.717) is 18.7 Å². The van der Waals surface area contributed by atoms with Gasteiger partial charge in [0.2, 0.25) is 0 Å². The molecule has 0 aliphatic rings. The van der Waals surface area contributed by atoms with Crippen LogP contribution in [0.1, 0.15) is 11.1 Å². The lowest BCUT2D eigenvalue weighted by atomic mass is 10.1. The number of hydrogen-bond acceptors (Lipinski definition) is 1. The molecule has 108 valence electrons. The Morgan fingerprint density at radius 3 is 2.67 bits per heavy atom. The van der Waals surface area contributed by atoms with Gasteiger partial charge in [0.15, 0.2) is 0 Å². The lowest BCUT2D eigenvalue weighted by Gasteiger charge is -2.07. The van der Waals surface area contributed by atoms with Gasteiger partial charge in [0.05, 0.1) is 11.6 Å². The Kier molecular flexibility index (Phi) is 3.95. The van der Waals surface area contributed by atoms with E-state index >= 15 is 0 Å². The van der Waals surface area contributed by atoms with Crippen LogP contribution in [0.15, 0.2) is 48.7 Å². The second kappa shape index (κ2) is 5.88. The van der Waals surface area contributed by atoms with Crippen molar-refractivity contribution in [2.75, 3.05) is 6.54 Å². The van der Waals surface area contributed by atoms with Crippen molar-refractivity contribution < 1.29 is 4.39 Å². The predicted molar refractivity (Wildman–Crippen MR) is 85.2 cm³/mol. The summed E-state index contributed by atoms with van der Waals surface area (Å²) in [4.78, 5) is 0. The molecule has 2 aromatic carbocycles. The smallest absolute Gasteiger partial charge is 0.146 e. The van der Waals surface area contributed by atoms with Crippen molar-refractivity contribution in [3.05, 3.63) is 70.6 Å². The van der Waals surface area contributed by atoms with E-state index in [-0.39, 0.29) is 10.8 Å². The van der Waals surface area contributed by atoms with Gasteiger partial charge in [0, 0.05) is 22.7 Å². The Balaban J connectivity index is 2.06. The third-order valence-corrected chi connectivity index (χ3v) is 3.95. The maximum atomic E-state index is 14.1. The molecule has 0 amide bonds. The van der Waals surface area contributed by atoms with Crippen molar-refractivity contribution in [3.63, 3.8) is 0 Å². The first-order valence-corrected chi connectivity index (χ1v) is 7.28. The largest absolute Gasteiger partial charge is 0.343 e. The maximum absolute atomic E-state index is 14.1. The molecule has 4 heteroatoms. The summed E-state index contributed by atoms with van der Waals surface area (Å²) in [6.45, 7) is 1.05. The Morgan fingerprint density at radius 1 is 1.05 bits per heavy atom. The summed E-state index contributed by atoms with van der Waals surface area (Å²) in [7, 11) is 0. The Morgan fingerprint density at radius 2 is 1.86 bits per heavy atom. The van der Waals surface area contributed by atoms with E-state index in [1.54, 1.807) is 18.2 Å². The first-order valence-electron chi connectivity index (χ1n) is 6.90. The molecule has 2 nitrogen and oxygen atoms in total. The summed E-state index contributed by atoms with van der Waals surface area (Å²) in [5, 5.41) is 1.33. The Hall–Kier alpha value is -1.84. The molecule has 1 aromatic heterocycles. The van der Waals surface area contributed by atoms with Crippen LogP contribution in [0.5, 0.6) is 0 Å². The number of halogens is 2. The predicted octanol–water partition coefficient (Wildman–Crippen LogP) is 3.98. The fraction of sp³-hybridized carbons (Fsp3) is 0.176. The van der Waals surface area contributed by atoms with Crippen LogP contribution in [0.25, 0.3) is 10.9 Å². The SMILES string of the molecule is NCCc1cn(Cc2cccc(Cl)c2F)c2ccccc12. The lowest BCUT2D eigenvalue weighted by molar-refractivity contribution is 0.602. The molecule has 0 bridgehead atoms. The van der Waals surface area contributed by atoms with Gasteiger partial charge in [-0.15, -0.1) is 0 Å². The highest BCUT2D eigenvalue weighted by molar-refractivity contribution is 6.30. The third-order valence-electron chi connectivity index (χ3n) is 3.66. The molecule has 3 aromatic rings. The average molecular weight is 303 g/mol. The summed E-state index contributed by atoms with van der Waals surface area (Å²) in [6, 6.07) is 13.2. The summed E-state index contributed by atoms with van der Waals surface area (Å²) < 4.78 is 16.1. The molecule has 0 atom stereocenters. The molecule has 0 fully saturated rings. The lowest BCUT2D eigenvalue weighted by Crippen LogP contribution is -2.03. The van der Waals surface area contributed by atoms with Crippen molar-refractivity contribution in [3.8, 4) is 0 Å². The number of fused-ring (bicyclic) bond motifs is 1. The molecule has 21 heavy (non-hydrogen) atoms. The van der Waals surface area contributed by atoms with E-state index in [1.165, 1.54) is 10.9 Å². The quantitative estimate of drug-likeness (QED) is 0.776. The molecule has 0 spiro atoms. The molecule has 0 radical (unpaired) electrons. The average Bonchev–Trinajstić information content (AvgIpc) is 2.83. The molecule has 1 heterocycles. The highest BCUT2D eigenvalue weighted by Gasteiger charge is 2.11. The zero-order chi connectivity index (χ0) is 14.8. The van der Waals surface area contributed by atoms with Crippen molar-refractivity contribution in [2.45, 2.75) is 13.0 Å². The number of aromatic nitrogens is 1. The second-order valence-electron chi connectivity index (χ2n) is 5.05. The van der Waals surface area contributed by atoms with E-state index in [9.17, 15) is 4.39 Å².